The predicted molar refractivity (Wildman–Crippen MR) is 114 cm³/mol. The van der Waals surface area contributed by atoms with Crippen LogP contribution in [0.4, 0.5) is 14.5 Å². The molecule has 11 heteroatoms. The average molecular weight is 456 g/mol. The number of aryl methyl sites for hydroxylation is 2. The molecule has 0 atom stereocenters. The van der Waals surface area contributed by atoms with Crippen LogP contribution in [0.2, 0.25) is 0 Å². The summed E-state index contributed by atoms with van der Waals surface area (Å²) in [6, 6.07) is 10.3. The van der Waals surface area contributed by atoms with Crippen LogP contribution in [-0.4, -0.2) is 31.2 Å². The first-order valence-corrected chi connectivity index (χ1v) is 10.6. The lowest BCUT2D eigenvalue weighted by Gasteiger charge is -2.07. The van der Waals surface area contributed by atoms with Gasteiger partial charge in [-0.1, -0.05) is 35.1 Å². The largest absolute Gasteiger partial charge is 0.339 e. The number of anilines is 1. The van der Waals surface area contributed by atoms with E-state index in [0.29, 0.717) is 39.7 Å². The van der Waals surface area contributed by atoms with E-state index in [4.69, 9.17) is 4.52 Å². The van der Waals surface area contributed by atoms with E-state index in [1.165, 1.54) is 36.0 Å². The number of hydrogen-bond acceptors (Lipinski definition) is 7. The molecule has 2 aromatic heterocycles. The summed E-state index contributed by atoms with van der Waals surface area (Å²) >= 11 is 1.29. The molecule has 1 amide bonds. The van der Waals surface area contributed by atoms with Crippen LogP contribution in [0.3, 0.4) is 0 Å². The van der Waals surface area contributed by atoms with Gasteiger partial charge in [-0.15, -0.1) is 5.10 Å². The molecule has 4 rings (SSSR count). The molecule has 0 saturated heterocycles. The number of benzene rings is 2. The summed E-state index contributed by atoms with van der Waals surface area (Å²) in [5.41, 5.74) is 1.80. The van der Waals surface area contributed by atoms with Gasteiger partial charge in [0.2, 0.25) is 17.0 Å². The fourth-order valence-corrected chi connectivity index (χ4v) is 3.46. The monoisotopic (exact) mass is 456 g/mol. The summed E-state index contributed by atoms with van der Waals surface area (Å²) in [5, 5.41) is 13.9. The third-order valence-electron chi connectivity index (χ3n) is 4.44. The number of aromatic nitrogens is 5. The predicted octanol–water partition coefficient (Wildman–Crippen LogP) is 4.30. The van der Waals surface area contributed by atoms with Crippen molar-refractivity contribution in [1.82, 2.24) is 25.3 Å². The average Bonchev–Trinajstić information content (AvgIpc) is 3.43. The van der Waals surface area contributed by atoms with Gasteiger partial charge in [0.1, 0.15) is 11.6 Å². The van der Waals surface area contributed by atoms with E-state index >= 15 is 0 Å². The maximum absolute atomic E-state index is 13.4. The van der Waals surface area contributed by atoms with Crippen molar-refractivity contribution in [2.75, 3.05) is 5.32 Å². The molecule has 0 aliphatic heterocycles. The minimum atomic E-state index is -0.417. The van der Waals surface area contributed by atoms with Crippen LogP contribution in [0.1, 0.15) is 23.7 Å². The van der Waals surface area contributed by atoms with Crippen molar-refractivity contribution in [3.63, 3.8) is 0 Å². The minimum Gasteiger partial charge on any atom is -0.339 e. The van der Waals surface area contributed by atoms with Crippen LogP contribution in [0.15, 0.2) is 52.1 Å². The number of halogens is 2. The first-order chi connectivity index (χ1) is 15.5. The van der Waals surface area contributed by atoms with Crippen molar-refractivity contribution < 1.29 is 18.1 Å². The highest BCUT2D eigenvalue weighted by atomic mass is 32.2. The molecule has 0 fully saturated rings. The molecule has 4 aromatic rings. The molecule has 0 aliphatic rings. The van der Waals surface area contributed by atoms with Crippen LogP contribution in [0.25, 0.3) is 11.4 Å². The van der Waals surface area contributed by atoms with Gasteiger partial charge in [0.05, 0.1) is 5.75 Å². The number of carbonyl (C=O) groups is 1. The fraction of sp³-hybridized carbons (Fsp3) is 0.190. The second kappa shape index (κ2) is 9.69. The standard InChI is InChI=1S/C21H18F2N6O2S/c1-12-5-6-15(23)10-16(12)24-18(30)7-8-19-25-17(29-31-19)11-32-21-26-20(27-28-21)13-3-2-4-14(22)9-13/h2-6,9-10H,7-8,11H2,1H3,(H,24,30)(H,26,27,28). The van der Waals surface area contributed by atoms with Crippen LogP contribution in [0.5, 0.6) is 0 Å². The van der Waals surface area contributed by atoms with Gasteiger partial charge in [-0.05, 0) is 36.8 Å². The first kappa shape index (κ1) is 21.6. The van der Waals surface area contributed by atoms with E-state index in [2.05, 4.69) is 30.6 Å². The highest BCUT2D eigenvalue weighted by Crippen LogP contribution is 2.22. The van der Waals surface area contributed by atoms with Crippen molar-refractivity contribution in [3.05, 3.63) is 71.4 Å². The number of thioether (sulfide) groups is 1. The van der Waals surface area contributed by atoms with Gasteiger partial charge in [0.25, 0.3) is 0 Å². The van der Waals surface area contributed by atoms with E-state index < -0.39 is 5.82 Å². The molecule has 0 bridgehead atoms. The Morgan fingerprint density at radius 1 is 1.16 bits per heavy atom. The normalized spacial score (nSPS) is 11.0. The molecule has 0 unspecified atom stereocenters. The molecular formula is C21H18F2N6O2S. The molecule has 164 valence electrons. The van der Waals surface area contributed by atoms with Crippen molar-refractivity contribution in [1.29, 1.82) is 0 Å². The van der Waals surface area contributed by atoms with E-state index in [9.17, 15) is 13.6 Å². The smallest absolute Gasteiger partial charge is 0.227 e. The molecule has 0 radical (unpaired) electrons. The third-order valence-corrected chi connectivity index (χ3v) is 5.29. The second-order valence-electron chi connectivity index (χ2n) is 6.88. The van der Waals surface area contributed by atoms with Gasteiger partial charge in [0, 0.05) is 24.1 Å². The molecule has 2 N–H and O–H groups in total. The number of rotatable bonds is 8. The number of hydrogen-bond donors (Lipinski definition) is 2. The van der Waals surface area contributed by atoms with Gasteiger partial charge < -0.3 is 9.84 Å². The van der Waals surface area contributed by atoms with Crippen molar-refractivity contribution >= 4 is 23.4 Å². The Morgan fingerprint density at radius 3 is 2.84 bits per heavy atom. The third kappa shape index (κ3) is 5.55. The summed E-state index contributed by atoms with van der Waals surface area (Å²) in [6.07, 6.45) is 0.366. The summed E-state index contributed by atoms with van der Waals surface area (Å²) in [5.74, 6) is 0.523. The summed E-state index contributed by atoms with van der Waals surface area (Å²) < 4.78 is 31.9. The van der Waals surface area contributed by atoms with Crippen molar-refractivity contribution in [2.45, 2.75) is 30.7 Å². The topological polar surface area (TPSA) is 110 Å². The number of carbonyl (C=O) groups excluding carboxylic acids is 1. The molecule has 0 saturated carbocycles. The molecule has 0 aliphatic carbocycles. The zero-order valence-electron chi connectivity index (χ0n) is 16.9. The summed E-state index contributed by atoms with van der Waals surface area (Å²) in [6.45, 7) is 1.78. The highest BCUT2D eigenvalue weighted by molar-refractivity contribution is 7.98. The highest BCUT2D eigenvalue weighted by Gasteiger charge is 2.13. The molecule has 0 spiro atoms. The Balaban J connectivity index is 1.27. The number of nitrogens with one attached hydrogen (secondary N) is 2. The fourth-order valence-electron chi connectivity index (χ4n) is 2.82. The number of H-pyrrole nitrogens is 1. The number of amides is 1. The van der Waals surface area contributed by atoms with E-state index in [1.807, 2.05) is 0 Å². The summed E-state index contributed by atoms with van der Waals surface area (Å²) in [4.78, 5) is 20.7. The van der Waals surface area contributed by atoms with Gasteiger partial charge in [0.15, 0.2) is 11.6 Å². The first-order valence-electron chi connectivity index (χ1n) is 9.65. The summed E-state index contributed by atoms with van der Waals surface area (Å²) in [7, 11) is 0. The zero-order valence-corrected chi connectivity index (χ0v) is 17.7. The quantitative estimate of drug-likeness (QED) is 0.380. The molecule has 32 heavy (non-hydrogen) atoms. The van der Waals surface area contributed by atoms with Gasteiger partial charge in [-0.25, -0.2) is 13.8 Å². The Kier molecular flexibility index (Phi) is 6.55. The van der Waals surface area contributed by atoms with E-state index in [1.54, 1.807) is 25.1 Å². The maximum Gasteiger partial charge on any atom is 0.227 e. The van der Waals surface area contributed by atoms with Gasteiger partial charge in [-0.2, -0.15) is 4.98 Å². The lowest BCUT2D eigenvalue weighted by molar-refractivity contribution is -0.116. The van der Waals surface area contributed by atoms with Crippen LogP contribution in [-0.2, 0) is 17.0 Å². The SMILES string of the molecule is Cc1ccc(F)cc1NC(=O)CCc1nc(CSc2n[nH]c(-c3cccc(F)c3)n2)no1. The lowest BCUT2D eigenvalue weighted by Crippen LogP contribution is -2.13. The van der Waals surface area contributed by atoms with Crippen molar-refractivity contribution in [3.8, 4) is 11.4 Å². The number of nitrogens with zero attached hydrogens (tertiary/aromatic N) is 4. The number of aromatic amines is 1. The zero-order chi connectivity index (χ0) is 22.5. The van der Waals surface area contributed by atoms with Crippen LogP contribution in [0, 0.1) is 18.6 Å². The van der Waals surface area contributed by atoms with Crippen LogP contribution >= 0.6 is 11.8 Å². The Bertz CT molecular complexity index is 1240. The Hall–Kier alpha value is -3.60. The molecule has 2 heterocycles. The van der Waals surface area contributed by atoms with Gasteiger partial charge >= 0.3 is 0 Å². The van der Waals surface area contributed by atoms with Crippen molar-refractivity contribution in [2.24, 2.45) is 0 Å². The lowest BCUT2D eigenvalue weighted by atomic mass is 10.2. The van der Waals surface area contributed by atoms with Crippen LogP contribution < -0.4 is 5.32 Å². The minimum absolute atomic E-state index is 0.114. The second-order valence-corrected chi connectivity index (χ2v) is 7.82. The molecule has 8 nitrogen and oxygen atoms in total. The van der Waals surface area contributed by atoms with E-state index in [0.717, 1.165) is 5.56 Å². The Labute approximate surface area is 185 Å². The van der Waals surface area contributed by atoms with E-state index in [-0.39, 0.29) is 24.6 Å². The Morgan fingerprint density at radius 2 is 2.00 bits per heavy atom. The maximum atomic E-state index is 13.4. The van der Waals surface area contributed by atoms with Gasteiger partial charge in [-0.3, -0.25) is 9.89 Å². The molecular weight excluding hydrogens is 438 g/mol. The molecule has 2 aromatic carbocycles.